The molecule has 1 heterocycles. The number of carbonyl (C=O) groups is 2. The van der Waals surface area contributed by atoms with Gasteiger partial charge < -0.3 is 4.74 Å². The van der Waals surface area contributed by atoms with Crippen LogP contribution in [0.3, 0.4) is 0 Å². The number of hydrazine groups is 1. The van der Waals surface area contributed by atoms with Gasteiger partial charge in [-0.3, -0.25) is 20.4 Å². The van der Waals surface area contributed by atoms with E-state index in [0.717, 1.165) is 15.2 Å². The van der Waals surface area contributed by atoms with Gasteiger partial charge in [0.05, 0.1) is 15.2 Å². The van der Waals surface area contributed by atoms with Crippen LogP contribution in [0.15, 0.2) is 48.5 Å². The first-order valence-corrected chi connectivity index (χ1v) is 9.19. The number of hydrogen-bond acceptors (Lipinski definition) is 5. The predicted molar refractivity (Wildman–Crippen MR) is 101 cm³/mol. The van der Waals surface area contributed by atoms with Gasteiger partial charge in [-0.2, -0.15) is 0 Å². The fraction of sp³-hybridized carbons (Fsp3) is 0.211. The monoisotopic (exact) mass is 387 g/mol. The summed E-state index contributed by atoms with van der Waals surface area (Å²) < 4.78 is 19.9. The average molecular weight is 387 g/mol. The number of hydrogen-bond donors (Lipinski definition) is 2. The van der Waals surface area contributed by atoms with Gasteiger partial charge in [-0.1, -0.05) is 24.3 Å². The second kappa shape index (κ2) is 8.59. The highest BCUT2D eigenvalue weighted by molar-refractivity contribution is 7.18. The van der Waals surface area contributed by atoms with Crippen molar-refractivity contribution in [1.82, 2.24) is 15.8 Å². The Morgan fingerprint density at radius 3 is 2.67 bits per heavy atom. The summed E-state index contributed by atoms with van der Waals surface area (Å²) in [4.78, 5) is 28.4. The first kappa shape index (κ1) is 18.8. The molecule has 6 nitrogen and oxygen atoms in total. The van der Waals surface area contributed by atoms with Crippen LogP contribution >= 0.6 is 11.3 Å². The molecule has 1 aromatic heterocycles. The Kier molecular flexibility index (Phi) is 5.97. The lowest BCUT2D eigenvalue weighted by Gasteiger charge is -2.15. The Balaban J connectivity index is 1.44. The minimum absolute atomic E-state index is 0.0256. The molecule has 0 spiro atoms. The molecule has 0 radical (unpaired) electrons. The number of rotatable bonds is 6. The molecule has 0 bridgehead atoms. The maximum absolute atomic E-state index is 13.5. The van der Waals surface area contributed by atoms with Crippen LogP contribution in [0.5, 0.6) is 5.75 Å². The third-order valence-electron chi connectivity index (χ3n) is 3.74. The molecular formula is C19H18FN3O3S. The molecule has 0 saturated carbocycles. The van der Waals surface area contributed by atoms with Gasteiger partial charge in [0.15, 0.2) is 17.7 Å². The highest BCUT2D eigenvalue weighted by Gasteiger charge is 2.17. The molecule has 0 unspecified atom stereocenters. The van der Waals surface area contributed by atoms with Gasteiger partial charge in [-0.25, -0.2) is 9.37 Å². The SMILES string of the molecule is C[C@@H](Oc1ccccc1F)C(=O)NNC(=O)CCc1nc2ccccc2s1. The van der Waals surface area contributed by atoms with E-state index in [1.807, 2.05) is 24.3 Å². The number of halogens is 1. The molecule has 140 valence electrons. The average Bonchev–Trinajstić information content (AvgIpc) is 3.09. The number of benzene rings is 2. The van der Waals surface area contributed by atoms with Gasteiger partial charge >= 0.3 is 0 Å². The molecule has 0 fully saturated rings. The lowest BCUT2D eigenvalue weighted by Crippen LogP contribution is -2.47. The lowest BCUT2D eigenvalue weighted by molar-refractivity contribution is -0.132. The summed E-state index contributed by atoms with van der Waals surface area (Å²) in [6, 6.07) is 13.6. The largest absolute Gasteiger partial charge is 0.478 e. The molecule has 1 atom stereocenters. The van der Waals surface area contributed by atoms with Crippen molar-refractivity contribution in [3.63, 3.8) is 0 Å². The highest BCUT2D eigenvalue weighted by Crippen LogP contribution is 2.22. The third-order valence-corrected chi connectivity index (χ3v) is 4.84. The number of para-hydroxylation sites is 2. The van der Waals surface area contributed by atoms with Crippen LogP contribution in [0.4, 0.5) is 4.39 Å². The number of aromatic nitrogens is 1. The number of nitrogens with one attached hydrogen (secondary N) is 2. The number of amides is 2. The molecule has 27 heavy (non-hydrogen) atoms. The summed E-state index contributed by atoms with van der Waals surface area (Å²) in [5.41, 5.74) is 5.52. The van der Waals surface area contributed by atoms with E-state index in [2.05, 4.69) is 15.8 Å². The van der Waals surface area contributed by atoms with Crippen molar-refractivity contribution in [2.75, 3.05) is 0 Å². The van der Waals surface area contributed by atoms with E-state index in [1.54, 1.807) is 6.07 Å². The van der Waals surface area contributed by atoms with Crippen molar-refractivity contribution in [3.8, 4) is 5.75 Å². The van der Waals surface area contributed by atoms with Gasteiger partial charge in [0.25, 0.3) is 5.91 Å². The number of aryl methyl sites for hydroxylation is 1. The maximum atomic E-state index is 13.5. The van der Waals surface area contributed by atoms with Crippen LogP contribution in [0, 0.1) is 5.82 Å². The molecule has 0 aliphatic heterocycles. The molecule has 2 amide bonds. The number of nitrogens with zero attached hydrogens (tertiary/aromatic N) is 1. The Labute approximate surface area is 159 Å². The van der Waals surface area contributed by atoms with Crippen LogP contribution in [0.2, 0.25) is 0 Å². The number of ether oxygens (including phenoxy) is 1. The van der Waals surface area contributed by atoms with Crippen molar-refractivity contribution in [2.24, 2.45) is 0 Å². The third kappa shape index (κ3) is 5.01. The Morgan fingerprint density at radius 1 is 1.15 bits per heavy atom. The van der Waals surface area contributed by atoms with Crippen LogP contribution in [-0.2, 0) is 16.0 Å². The van der Waals surface area contributed by atoms with Crippen molar-refractivity contribution >= 4 is 33.4 Å². The molecule has 0 aliphatic carbocycles. The Morgan fingerprint density at radius 2 is 1.89 bits per heavy atom. The molecule has 0 saturated heterocycles. The van der Waals surface area contributed by atoms with Crippen LogP contribution < -0.4 is 15.6 Å². The second-order valence-electron chi connectivity index (χ2n) is 5.80. The predicted octanol–water partition coefficient (Wildman–Crippen LogP) is 2.98. The van der Waals surface area contributed by atoms with Crippen LogP contribution in [-0.4, -0.2) is 22.9 Å². The fourth-order valence-electron chi connectivity index (χ4n) is 2.33. The van der Waals surface area contributed by atoms with Gasteiger partial charge in [-0.05, 0) is 31.2 Å². The van der Waals surface area contributed by atoms with E-state index in [4.69, 9.17) is 4.74 Å². The molecule has 8 heteroatoms. The maximum Gasteiger partial charge on any atom is 0.279 e. The quantitative estimate of drug-likeness (QED) is 0.637. The summed E-state index contributed by atoms with van der Waals surface area (Å²) in [5.74, 6) is -1.51. The normalized spacial score (nSPS) is 11.8. The highest BCUT2D eigenvalue weighted by atomic mass is 32.1. The second-order valence-corrected chi connectivity index (χ2v) is 6.92. The summed E-state index contributed by atoms with van der Waals surface area (Å²) in [6.07, 6.45) is -0.309. The minimum atomic E-state index is -0.966. The number of fused-ring (bicyclic) bond motifs is 1. The molecule has 3 rings (SSSR count). The van der Waals surface area contributed by atoms with Gasteiger partial charge in [0.1, 0.15) is 0 Å². The summed E-state index contributed by atoms with van der Waals surface area (Å²) in [6.45, 7) is 1.47. The summed E-state index contributed by atoms with van der Waals surface area (Å²) >= 11 is 1.54. The molecule has 0 aliphatic rings. The van der Waals surface area contributed by atoms with E-state index in [-0.39, 0.29) is 18.1 Å². The van der Waals surface area contributed by atoms with E-state index in [0.29, 0.717) is 6.42 Å². The molecule has 2 N–H and O–H groups in total. The zero-order valence-corrected chi connectivity index (χ0v) is 15.4. The van der Waals surface area contributed by atoms with E-state index in [9.17, 15) is 14.0 Å². The number of thiazole rings is 1. The smallest absolute Gasteiger partial charge is 0.279 e. The number of carbonyl (C=O) groups excluding carboxylic acids is 2. The zero-order chi connectivity index (χ0) is 19.2. The van der Waals surface area contributed by atoms with Crippen LogP contribution in [0.25, 0.3) is 10.2 Å². The molecule has 3 aromatic rings. The standard InChI is InChI=1S/C19H18FN3O3S/c1-12(26-15-8-4-2-6-13(15)20)19(25)23-22-17(24)10-11-18-21-14-7-3-5-9-16(14)27-18/h2-9,12H,10-11H2,1H3,(H,22,24)(H,23,25)/t12-/m1/s1. The zero-order valence-electron chi connectivity index (χ0n) is 14.6. The Hall–Kier alpha value is -3.00. The fourth-order valence-corrected chi connectivity index (χ4v) is 3.29. The van der Waals surface area contributed by atoms with Gasteiger partial charge in [0.2, 0.25) is 5.91 Å². The van der Waals surface area contributed by atoms with E-state index < -0.39 is 17.8 Å². The summed E-state index contributed by atoms with van der Waals surface area (Å²) in [7, 11) is 0. The first-order chi connectivity index (χ1) is 13.0. The van der Waals surface area contributed by atoms with Gasteiger partial charge in [-0.15, -0.1) is 11.3 Å². The first-order valence-electron chi connectivity index (χ1n) is 8.37. The minimum Gasteiger partial charge on any atom is -0.478 e. The topological polar surface area (TPSA) is 80.3 Å². The van der Waals surface area contributed by atoms with Gasteiger partial charge in [0, 0.05) is 12.8 Å². The van der Waals surface area contributed by atoms with E-state index in [1.165, 1.54) is 36.5 Å². The molecular weight excluding hydrogens is 369 g/mol. The van der Waals surface area contributed by atoms with Crippen molar-refractivity contribution in [2.45, 2.75) is 25.9 Å². The van der Waals surface area contributed by atoms with Crippen molar-refractivity contribution < 1.29 is 18.7 Å². The van der Waals surface area contributed by atoms with Crippen LogP contribution in [0.1, 0.15) is 18.4 Å². The van der Waals surface area contributed by atoms with E-state index >= 15 is 0 Å². The van der Waals surface area contributed by atoms with Crippen molar-refractivity contribution in [3.05, 3.63) is 59.4 Å². The Bertz CT molecular complexity index is 927. The van der Waals surface area contributed by atoms with Crippen molar-refractivity contribution in [1.29, 1.82) is 0 Å². The lowest BCUT2D eigenvalue weighted by atomic mass is 10.3. The summed E-state index contributed by atoms with van der Waals surface area (Å²) in [5, 5.41) is 0.855. The molecule has 2 aromatic carbocycles.